The van der Waals surface area contributed by atoms with E-state index in [4.69, 9.17) is 23.2 Å². The fraction of sp³-hybridized carbons (Fsp3) is 0.0909. The van der Waals surface area contributed by atoms with E-state index in [1.807, 2.05) is 13.0 Å². The molecule has 2 rings (SSSR count). The van der Waals surface area contributed by atoms with E-state index in [1.165, 1.54) is 0 Å². The number of aromatic nitrogens is 2. The lowest BCUT2D eigenvalue weighted by Crippen LogP contribution is -1.98. The molecule has 0 aliphatic rings. The van der Waals surface area contributed by atoms with Gasteiger partial charge in [-0.1, -0.05) is 29.3 Å². The molecule has 0 radical (unpaired) electrons. The Bertz CT molecular complexity index is 543. The van der Waals surface area contributed by atoms with E-state index in [0.29, 0.717) is 21.7 Å². The van der Waals surface area contributed by atoms with Crippen LogP contribution in [0.1, 0.15) is 5.56 Å². The van der Waals surface area contributed by atoms with Crippen molar-refractivity contribution in [1.29, 1.82) is 0 Å². The number of halogens is 3. The molecule has 0 fully saturated rings. The van der Waals surface area contributed by atoms with Gasteiger partial charge in [-0.25, -0.2) is 9.97 Å². The van der Waals surface area contributed by atoms with E-state index in [9.17, 15) is 0 Å². The zero-order valence-electron chi connectivity index (χ0n) is 8.84. The molecule has 0 saturated carbocycles. The average molecular weight is 380 g/mol. The third kappa shape index (κ3) is 3.00. The van der Waals surface area contributed by atoms with Gasteiger partial charge >= 0.3 is 0 Å². The van der Waals surface area contributed by atoms with E-state index in [-0.39, 0.29) is 0 Å². The predicted octanol–water partition coefficient (Wildman–Crippen LogP) is 4.44. The summed E-state index contributed by atoms with van der Waals surface area (Å²) < 4.78 is 0.967. The summed E-state index contributed by atoms with van der Waals surface area (Å²) >= 11 is 14.4. The van der Waals surface area contributed by atoms with Gasteiger partial charge in [0.15, 0.2) is 0 Å². The van der Waals surface area contributed by atoms with Crippen LogP contribution in [-0.2, 0) is 0 Å². The fourth-order valence-corrected chi connectivity index (χ4v) is 2.00. The van der Waals surface area contributed by atoms with E-state index in [0.717, 1.165) is 9.13 Å². The molecular formula is C11H8Cl2IN3. The predicted molar refractivity (Wildman–Crippen MR) is 79.2 cm³/mol. The molecule has 0 aliphatic heterocycles. The Kier molecular flexibility index (Phi) is 4.06. The third-order valence-electron chi connectivity index (χ3n) is 2.14. The van der Waals surface area contributed by atoms with Crippen molar-refractivity contribution in [3.8, 4) is 0 Å². The number of nitrogens with zero attached hydrogens (tertiary/aromatic N) is 2. The quantitative estimate of drug-likeness (QED) is 0.784. The van der Waals surface area contributed by atoms with Gasteiger partial charge < -0.3 is 5.32 Å². The molecule has 6 heteroatoms. The van der Waals surface area contributed by atoms with Crippen LogP contribution in [-0.4, -0.2) is 9.97 Å². The van der Waals surface area contributed by atoms with Crippen LogP contribution in [0.3, 0.4) is 0 Å². The maximum atomic E-state index is 6.18. The van der Waals surface area contributed by atoms with Gasteiger partial charge in [0.05, 0.1) is 15.7 Å². The van der Waals surface area contributed by atoms with Crippen molar-refractivity contribution >= 4 is 57.4 Å². The van der Waals surface area contributed by atoms with Crippen LogP contribution in [0.2, 0.25) is 10.0 Å². The van der Waals surface area contributed by atoms with Gasteiger partial charge in [-0.3, -0.25) is 0 Å². The monoisotopic (exact) mass is 379 g/mol. The van der Waals surface area contributed by atoms with Gasteiger partial charge in [0.2, 0.25) is 5.95 Å². The van der Waals surface area contributed by atoms with Gasteiger partial charge in [0.1, 0.15) is 0 Å². The maximum absolute atomic E-state index is 6.18. The molecule has 88 valence electrons. The smallest absolute Gasteiger partial charge is 0.227 e. The molecule has 1 aromatic carbocycles. The molecule has 2 aromatic rings. The highest BCUT2D eigenvalue weighted by Gasteiger charge is 2.09. The second kappa shape index (κ2) is 5.37. The average Bonchev–Trinajstić information content (AvgIpc) is 2.32. The van der Waals surface area contributed by atoms with Crippen molar-refractivity contribution < 1.29 is 0 Å². The summed E-state index contributed by atoms with van der Waals surface area (Å²) in [4.78, 5) is 8.28. The largest absolute Gasteiger partial charge is 0.322 e. The highest BCUT2D eigenvalue weighted by Crippen LogP contribution is 2.34. The number of hydrogen-bond acceptors (Lipinski definition) is 3. The van der Waals surface area contributed by atoms with E-state index in [1.54, 1.807) is 18.5 Å². The topological polar surface area (TPSA) is 37.8 Å². The molecule has 17 heavy (non-hydrogen) atoms. The van der Waals surface area contributed by atoms with Crippen LogP contribution >= 0.6 is 45.8 Å². The Morgan fingerprint density at radius 1 is 1.18 bits per heavy atom. The molecular weight excluding hydrogens is 372 g/mol. The summed E-state index contributed by atoms with van der Waals surface area (Å²) in [5.41, 5.74) is 1.58. The lowest BCUT2D eigenvalue weighted by atomic mass is 10.2. The van der Waals surface area contributed by atoms with Crippen LogP contribution in [0.25, 0.3) is 0 Å². The minimum atomic E-state index is 0.472. The van der Waals surface area contributed by atoms with Crippen molar-refractivity contribution in [2.24, 2.45) is 0 Å². The third-order valence-corrected chi connectivity index (χ3v) is 3.50. The number of rotatable bonds is 2. The normalized spacial score (nSPS) is 10.4. The SMILES string of the molecule is Cc1ccc(Cl)c(Nc2ncc(I)cn2)c1Cl. The summed E-state index contributed by atoms with van der Waals surface area (Å²) in [6.07, 6.45) is 3.43. The van der Waals surface area contributed by atoms with Crippen molar-refractivity contribution in [2.45, 2.75) is 6.92 Å². The minimum absolute atomic E-state index is 0.472. The van der Waals surface area contributed by atoms with Crippen LogP contribution in [0.4, 0.5) is 11.6 Å². The first kappa shape index (κ1) is 12.9. The first-order valence-electron chi connectivity index (χ1n) is 4.77. The number of anilines is 2. The van der Waals surface area contributed by atoms with Crippen molar-refractivity contribution in [3.05, 3.63) is 43.7 Å². The molecule has 3 nitrogen and oxygen atoms in total. The van der Waals surface area contributed by atoms with E-state index >= 15 is 0 Å². The standard InChI is InChI=1S/C11H8Cl2IN3/c1-6-2-3-8(12)10(9(6)13)17-11-15-4-7(14)5-16-11/h2-5H,1H3,(H,15,16,17). The lowest BCUT2D eigenvalue weighted by molar-refractivity contribution is 1.15. The Balaban J connectivity index is 2.36. The van der Waals surface area contributed by atoms with Gasteiger partial charge in [-0.05, 0) is 41.1 Å². The van der Waals surface area contributed by atoms with Gasteiger partial charge in [0, 0.05) is 16.0 Å². The van der Waals surface area contributed by atoms with Crippen LogP contribution in [0.5, 0.6) is 0 Å². The summed E-state index contributed by atoms with van der Waals surface area (Å²) in [7, 11) is 0. The molecule has 0 amide bonds. The molecule has 0 saturated heterocycles. The maximum Gasteiger partial charge on any atom is 0.227 e. The van der Waals surface area contributed by atoms with Gasteiger partial charge in [-0.2, -0.15) is 0 Å². The first-order valence-corrected chi connectivity index (χ1v) is 6.60. The summed E-state index contributed by atoms with van der Waals surface area (Å²) in [5, 5.41) is 4.15. The molecule has 0 atom stereocenters. The Morgan fingerprint density at radius 3 is 2.47 bits per heavy atom. The Hall–Kier alpha value is -0.590. The van der Waals surface area contributed by atoms with Crippen LogP contribution < -0.4 is 5.32 Å². The lowest BCUT2D eigenvalue weighted by Gasteiger charge is -2.10. The van der Waals surface area contributed by atoms with Crippen molar-refractivity contribution in [2.75, 3.05) is 5.32 Å². The fourth-order valence-electron chi connectivity index (χ4n) is 1.26. The first-order chi connectivity index (χ1) is 8.08. The molecule has 1 N–H and O–H groups in total. The van der Waals surface area contributed by atoms with Crippen molar-refractivity contribution in [3.63, 3.8) is 0 Å². The van der Waals surface area contributed by atoms with Crippen molar-refractivity contribution in [1.82, 2.24) is 9.97 Å². The zero-order valence-corrected chi connectivity index (χ0v) is 12.5. The molecule has 1 heterocycles. The molecule has 0 bridgehead atoms. The van der Waals surface area contributed by atoms with Gasteiger partial charge in [0.25, 0.3) is 0 Å². The zero-order chi connectivity index (χ0) is 12.4. The second-order valence-electron chi connectivity index (χ2n) is 3.40. The number of hydrogen-bond donors (Lipinski definition) is 1. The Morgan fingerprint density at radius 2 is 1.82 bits per heavy atom. The number of nitrogens with one attached hydrogen (secondary N) is 1. The molecule has 0 spiro atoms. The van der Waals surface area contributed by atoms with E-state index < -0.39 is 0 Å². The van der Waals surface area contributed by atoms with E-state index in [2.05, 4.69) is 37.9 Å². The summed E-state index contributed by atoms with van der Waals surface area (Å²) in [6, 6.07) is 3.66. The molecule has 0 aliphatic carbocycles. The number of benzene rings is 1. The van der Waals surface area contributed by atoms with Crippen LogP contribution in [0, 0.1) is 10.5 Å². The second-order valence-corrected chi connectivity index (χ2v) is 5.43. The molecule has 0 unspecified atom stereocenters. The highest BCUT2D eigenvalue weighted by molar-refractivity contribution is 14.1. The number of aryl methyl sites for hydroxylation is 1. The Labute approximate surface area is 123 Å². The summed E-state index contributed by atoms with van der Waals surface area (Å²) in [5.74, 6) is 0.472. The highest BCUT2D eigenvalue weighted by atomic mass is 127. The summed E-state index contributed by atoms with van der Waals surface area (Å²) in [6.45, 7) is 1.92. The molecule has 1 aromatic heterocycles. The minimum Gasteiger partial charge on any atom is -0.322 e. The van der Waals surface area contributed by atoms with Gasteiger partial charge in [-0.15, -0.1) is 0 Å². The van der Waals surface area contributed by atoms with Crippen LogP contribution in [0.15, 0.2) is 24.5 Å².